The first-order valence-corrected chi connectivity index (χ1v) is 8.17. The first kappa shape index (κ1) is 18.8. The Kier molecular flexibility index (Phi) is 4.80. The third kappa shape index (κ3) is 3.45. The molecular formula is C14H13F3N2O5S. The van der Waals surface area contributed by atoms with Crippen molar-refractivity contribution in [2.45, 2.75) is 25.0 Å². The number of anilines is 1. The second-order valence-electron chi connectivity index (χ2n) is 4.93. The second-order valence-corrected chi connectivity index (χ2v) is 6.65. The zero-order valence-electron chi connectivity index (χ0n) is 13.3. The molecule has 11 heteroatoms. The number of benzene rings is 1. The summed E-state index contributed by atoms with van der Waals surface area (Å²) in [6.07, 6.45) is -5.25. The molecule has 0 aliphatic rings. The minimum Gasteiger partial charge on any atom is -0.465 e. The van der Waals surface area contributed by atoms with E-state index >= 15 is 0 Å². The van der Waals surface area contributed by atoms with E-state index in [-0.39, 0.29) is 17.0 Å². The lowest BCUT2D eigenvalue weighted by molar-refractivity contribution is -0.115. The van der Waals surface area contributed by atoms with Gasteiger partial charge in [0, 0.05) is 0 Å². The summed E-state index contributed by atoms with van der Waals surface area (Å²) in [6, 6.07) is 3.77. The first-order valence-electron chi connectivity index (χ1n) is 6.73. The number of hydrogen-bond acceptors (Lipinski definition) is 6. The molecule has 0 radical (unpaired) electrons. The van der Waals surface area contributed by atoms with E-state index in [0.717, 1.165) is 31.4 Å². The van der Waals surface area contributed by atoms with Gasteiger partial charge < -0.3 is 9.26 Å². The summed E-state index contributed by atoms with van der Waals surface area (Å²) in [5.74, 6) is -1.03. The number of methoxy groups -OCH3 is 1. The van der Waals surface area contributed by atoms with E-state index in [1.807, 2.05) is 0 Å². The molecule has 25 heavy (non-hydrogen) atoms. The Morgan fingerprint density at radius 1 is 1.20 bits per heavy atom. The predicted molar refractivity (Wildman–Crippen MR) is 79.5 cm³/mol. The molecule has 1 aromatic heterocycles. The van der Waals surface area contributed by atoms with Gasteiger partial charge >= 0.3 is 12.3 Å². The number of carbonyl (C=O) groups is 1. The summed E-state index contributed by atoms with van der Waals surface area (Å²) in [4.78, 5) is 10.7. The van der Waals surface area contributed by atoms with E-state index in [9.17, 15) is 26.4 Å². The molecule has 0 spiro atoms. The molecule has 7 nitrogen and oxygen atoms in total. The van der Waals surface area contributed by atoms with Crippen molar-refractivity contribution in [3.63, 3.8) is 0 Å². The summed E-state index contributed by atoms with van der Waals surface area (Å²) < 4.78 is 74.0. The largest absolute Gasteiger partial charge is 0.498 e. The van der Waals surface area contributed by atoms with Gasteiger partial charge in [-0.25, -0.2) is 13.2 Å². The van der Waals surface area contributed by atoms with Crippen LogP contribution in [-0.4, -0.2) is 33.0 Å². The van der Waals surface area contributed by atoms with Gasteiger partial charge in [0.2, 0.25) is 0 Å². The van der Waals surface area contributed by atoms with Crippen LogP contribution in [0.3, 0.4) is 0 Å². The number of hydrogen-bond donors (Lipinski definition) is 0. The van der Waals surface area contributed by atoms with Crippen LogP contribution in [0.25, 0.3) is 0 Å². The summed E-state index contributed by atoms with van der Waals surface area (Å²) in [6.45, 7) is 2.42. The molecule has 2 aromatic rings. The summed E-state index contributed by atoms with van der Waals surface area (Å²) in [5.41, 5.74) is -0.916. The lowest BCUT2D eigenvalue weighted by atomic mass is 10.2. The van der Waals surface area contributed by atoms with Gasteiger partial charge in [-0.3, -0.25) is 0 Å². The Morgan fingerprint density at radius 3 is 2.16 bits per heavy atom. The van der Waals surface area contributed by atoms with Crippen LogP contribution in [0.4, 0.5) is 18.9 Å². The molecule has 0 N–H and O–H groups in total. The molecule has 0 aliphatic carbocycles. The van der Waals surface area contributed by atoms with Gasteiger partial charge in [0.25, 0.3) is 10.0 Å². The Bertz CT molecular complexity index is 869. The van der Waals surface area contributed by atoms with Crippen LogP contribution in [0.15, 0.2) is 33.7 Å². The van der Waals surface area contributed by atoms with E-state index < -0.39 is 37.2 Å². The molecule has 0 atom stereocenters. The maximum atomic E-state index is 13.5. The van der Waals surface area contributed by atoms with Gasteiger partial charge in [0.1, 0.15) is 5.69 Å². The molecule has 0 unspecified atom stereocenters. The number of ether oxygens (including phenoxy) is 1. The first-order chi connectivity index (χ1) is 11.5. The van der Waals surface area contributed by atoms with Gasteiger partial charge in [0.05, 0.1) is 18.4 Å². The van der Waals surface area contributed by atoms with E-state index in [0.29, 0.717) is 0 Å². The molecule has 0 fully saturated rings. The molecule has 0 bridgehead atoms. The molecule has 1 heterocycles. The standard InChI is InChI=1S/C14H13F3N2O5S/c1-8-12(9(2)24-18-8)25(21,22)19(14(15,16)17)11-6-4-10(5-7-11)13(20)23-3/h4-7H,1-3H3. The topological polar surface area (TPSA) is 89.7 Å². The molecule has 0 aliphatic heterocycles. The maximum absolute atomic E-state index is 13.5. The van der Waals surface area contributed by atoms with Crippen molar-refractivity contribution in [1.29, 1.82) is 0 Å². The van der Waals surface area contributed by atoms with Crippen molar-refractivity contribution < 1.29 is 35.6 Å². The van der Waals surface area contributed by atoms with Crippen molar-refractivity contribution in [1.82, 2.24) is 5.16 Å². The molecule has 136 valence electrons. The number of esters is 1. The third-order valence-corrected chi connectivity index (χ3v) is 5.22. The predicted octanol–water partition coefficient (Wildman–Crippen LogP) is 2.79. The van der Waals surface area contributed by atoms with Crippen LogP contribution in [0.5, 0.6) is 0 Å². The fourth-order valence-corrected chi connectivity index (χ4v) is 3.87. The Morgan fingerprint density at radius 2 is 1.76 bits per heavy atom. The zero-order chi connectivity index (χ0) is 19.0. The zero-order valence-corrected chi connectivity index (χ0v) is 14.1. The second kappa shape index (κ2) is 6.39. The van der Waals surface area contributed by atoms with Gasteiger partial charge in [-0.1, -0.05) is 5.16 Å². The summed E-state index contributed by atoms with van der Waals surface area (Å²) in [5, 5.41) is 3.38. The average molecular weight is 378 g/mol. The SMILES string of the molecule is COC(=O)c1ccc(N(C(F)(F)F)S(=O)(=O)c2c(C)noc2C)cc1. The van der Waals surface area contributed by atoms with Crippen LogP contribution >= 0.6 is 0 Å². The number of aryl methyl sites for hydroxylation is 2. The van der Waals surface area contributed by atoms with Crippen molar-refractivity contribution in [3.05, 3.63) is 41.3 Å². The van der Waals surface area contributed by atoms with E-state index in [1.165, 1.54) is 13.8 Å². The summed E-state index contributed by atoms with van der Waals surface area (Å²) in [7, 11) is -3.92. The monoisotopic (exact) mass is 378 g/mol. The van der Waals surface area contributed by atoms with Crippen molar-refractivity contribution >= 4 is 21.7 Å². The van der Waals surface area contributed by atoms with Gasteiger partial charge in [0.15, 0.2) is 10.7 Å². The lowest BCUT2D eigenvalue weighted by Crippen LogP contribution is -2.43. The quantitative estimate of drug-likeness (QED) is 0.600. The fraction of sp³-hybridized carbons (Fsp3) is 0.286. The lowest BCUT2D eigenvalue weighted by Gasteiger charge is -2.26. The normalized spacial score (nSPS) is 12.1. The highest BCUT2D eigenvalue weighted by molar-refractivity contribution is 7.93. The van der Waals surface area contributed by atoms with Crippen LogP contribution in [0.1, 0.15) is 21.8 Å². The van der Waals surface area contributed by atoms with E-state index in [1.54, 1.807) is 0 Å². The highest BCUT2D eigenvalue weighted by atomic mass is 32.2. The van der Waals surface area contributed by atoms with E-state index in [4.69, 9.17) is 0 Å². The molecule has 0 saturated carbocycles. The fourth-order valence-electron chi connectivity index (χ4n) is 2.21. The van der Waals surface area contributed by atoms with Crippen LogP contribution < -0.4 is 4.31 Å². The highest BCUT2D eigenvalue weighted by Gasteiger charge is 2.48. The minimum atomic E-state index is -5.25. The van der Waals surface area contributed by atoms with Gasteiger partial charge in [-0.05, 0) is 38.1 Å². The number of rotatable bonds is 4. The maximum Gasteiger partial charge on any atom is 0.498 e. The molecular weight excluding hydrogens is 365 g/mol. The minimum absolute atomic E-state index is 0.0249. The molecule has 2 rings (SSSR count). The van der Waals surface area contributed by atoms with Crippen molar-refractivity contribution in [3.8, 4) is 0 Å². The van der Waals surface area contributed by atoms with Crippen LogP contribution in [0, 0.1) is 13.8 Å². The Balaban J connectivity index is 2.60. The number of nitrogens with zero attached hydrogens (tertiary/aromatic N) is 2. The van der Waals surface area contributed by atoms with Crippen molar-refractivity contribution in [2.24, 2.45) is 0 Å². The number of sulfonamides is 1. The average Bonchev–Trinajstić information content (AvgIpc) is 2.85. The molecule has 0 saturated heterocycles. The number of halogens is 3. The Labute approximate surface area is 141 Å². The van der Waals surface area contributed by atoms with Crippen LogP contribution in [-0.2, 0) is 14.8 Å². The van der Waals surface area contributed by atoms with Crippen molar-refractivity contribution in [2.75, 3.05) is 11.4 Å². The van der Waals surface area contributed by atoms with E-state index in [2.05, 4.69) is 14.4 Å². The van der Waals surface area contributed by atoms with Crippen LogP contribution in [0.2, 0.25) is 0 Å². The highest BCUT2D eigenvalue weighted by Crippen LogP contribution is 2.36. The van der Waals surface area contributed by atoms with Gasteiger partial charge in [-0.2, -0.15) is 4.31 Å². The smallest absolute Gasteiger partial charge is 0.465 e. The summed E-state index contributed by atoms with van der Waals surface area (Å²) >= 11 is 0. The number of aromatic nitrogens is 1. The van der Waals surface area contributed by atoms with Gasteiger partial charge in [-0.15, -0.1) is 13.2 Å². The molecule has 0 amide bonds. The third-order valence-electron chi connectivity index (χ3n) is 3.22. The molecule has 1 aromatic carbocycles. The Hall–Kier alpha value is -2.56. The number of alkyl halides is 3. The number of carbonyl (C=O) groups excluding carboxylic acids is 1.